The first kappa shape index (κ1) is 15.1. The van der Waals surface area contributed by atoms with Crippen LogP contribution in [0.1, 0.15) is 12.8 Å². The van der Waals surface area contributed by atoms with Gasteiger partial charge >= 0.3 is 0 Å². The number of sulfone groups is 1. The van der Waals surface area contributed by atoms with Gasteiger partial charge in [-0.2, -0.15) is 0 Å². The van der Waals surface area contributed by atoms with E-state index >= 15 is 0 Å². The van der Waals surface area contributed by atoms with Crippen LogP contribution in [-0.2, 0) is 14.6 Å². The van der Waals surface area contributed by atoms with E-state index in [1.165, 1.54) is 7.11 Å². The molecule has 0 unspecified atom stereocenters. The second-order valence-corrected chi connectivity index (χ2v) is 7.38. The molecule has 1 fully saturated rings. The molecular weight excluding hydrogens is 278 g/mol. The van der Waals surface area contributed by atoms with Gasteiger partial charge in [-0.1, -0.05) is 0 Å². The highest BCUT2D eigenvalue weighted by atomic mass is 32.2. The molecule has 1 aliphatic heterocycles. The van der Waals surface area contributed by atoms with Crippen LogP contribution in [0.15, 0.2) is 18.5 Å². The van der Waals surface area contributed by atoms with E-state index in [1.807, 2.05) is 6.07 Å². The van der Waals surface area contributed by atoms with Gasteiger partial charge in [0.1, 0.15) is 0 Å². The third-order valence-electron chi connectivity index (χ3n) is 3.69. The number of rotatable bonds is 5. The molecule has 2 N–H and O–H groups in total. The maximum atomic E-state index is 12.1. The van der Waals surface area contributed by atoms with E-state index in [0.717, 1.165) is 5.69 Å². The Morgan fingerprint density at radius 2 is 2.15 bits per heavy atom. The number of nitrogens with zero attached hydrogens (tertiary/aromatic N) is 2. The molecule has 0 aliphatic carbocycles. The van der Waals surface area contributed by atoms with Crippen molar-refractivity contribution in [3.63, 3.8) is 0 Å². The maximum Gasteiger partial charge on any atom is 0.155 e. The molecule has 0 spiro atoms. The quantitative estimate of drug-likeness (QED) is 0.861. The van der Waals surface area contributed by atoms with Crippen LogP contribution in [-0.4, -0.2) is 51.2 Å². The lowest BCUT2D eigenvalue weighted by Crippen LogP contribution is -2.40. The van der Waals surface area contributed by atoms with Crippen LogP contribution in [0.2, 0.25) is 0 Å². The molecule has 0 atom stereocenters. The van der Waals surface area contributed by atoms with Crippen LogP contribution in [0.3, 0.4) is 0 Å². The highest BCUT2D eigenvalue weighted by Crippen LogP contribution is 2.27. The van der Waals surface area contributed by atoms with E-state index in [2.05, 4.69) is 9.88 Å². The van der Waals surface area contributed by atoms with Gasteiger partial charge in [0.05, 0.1) is 35.2 Å². The maximum absolute atomic E-state index is 12.1. The highest BCUT2D eigenvalue weighted by Gasteiger charge is 2.30. The third kappa shape index (κ3) is 3.40. The van der Waals surface area contributed by atoms with Crippen molar-refractivity contribution < 1.29 is 13.2 Å². The molecule has 0 aromatic carbocycles. The number of ether oxygens (including phenoxy) is 1. The number of piperidine rings is 1. The minimum Gasteiger partial charge on any atom is -0.396 e. The van der Waals surface area contributed by atoms with Crippen molar-refractivity contribution in [2.45, 2.75) is 18.1 Å². The van der Waals surface area contributed by atoms with E-state index in [-0.39, 0.29) is 17.6 Å². The fourth-order valence-corrected chi connectivity index (χ4v) is 4.17. The van der Waals surface area contributed by atoms with E-state index in [0.29, 0.717) is 31.6 Å². The molecule has 1 saturated heterocycles. The number of methoxy groups -OCH3 is 1. The van der Waals surface area contributed by atoms with E-state index in [9.17, 15) is 8.42 Å². The van der Waals surface area contributed by atoms with Gasteiger partial charge in [0.15, 0.2) is 9.84 Å². The molecule has 0 saturated carbocycles. The van der Waals surface area contributed by atoms with Gasteiger partial charge in [-0.05, 0) is 18.9 Å². The van der Waals surface area contributed by atoms with Gasteiger partial charge in [0.25, 0.3) is 0 Å². The molecule has 2 heterocycles. The lowest BCUT2D eigenvalue weighted by atomic mass is 10.1. The first-order valence-corrected chi connectivity index (χ1v) is 8.41. The largest absolute Gasteiger partial charge is 0.396 e. The third-order valence-corrected chi connectivity index (χ3v) is 5.91. The molecule has 112 valence electrons. The predicted molar refractivity (Wildman–Crippen MR) is 79.5 cm³/mol. The molecule has 6 nitrogen and oxygen atoms in total. The van der Waals surface area contributed by atoms with Gasteiger partial charge < -0.3 is 15.4 Å². The van der Waals surface area contributed by atoms with Crippen LogP contribution < -0.4 is 10.6 Å². The first-order chi connectivity index (χ1) is 9.54. The minimum absolute atomic E-state index is 0.103. The van der Waals surface area contributed by atoms with Crippen LogP contribution in [0.5, 0.6) is 0 Å². The average molecular weight is 299 g/mol. The van der Waals surface area contributed by atoms with Gasteiger partial charge in [0, 0.05) is 26.4 Å². The van der Waals surface area contributed by atoms with Crippen molar-refractivity contribution in [2.24, 2.45) is 0 Å². The zero-order chi connectivity index (χ0) is 14.6. The Balaban J connectivity index is 1.98. The molecule has 1 aromatic heterocycles. The second-order valence-electron chi connectivity index (χ2n) is 4.98. The summed E-state index contributed by atoms with van der Waals surface area (Å²) >= 11 is 0. The minimum atomic E-state index is -3.06. The SMILES string of the molecule is COCCS(=O)(=O)C1CCN(c2ccncc2N)CC1. The monoisotopic (exact) mass is 299 g/mol. The number of anilines is 2. The van der Waals surface area contributed by atoms with Gasteiger partial charge in [-0.3, -0.25) is 4.98 Å². The molecule has 0 radical (unpaired) electrons. The summed E-state index contributed by atoms with van der Waals surface area (Å²) in [5.74, 6) is 0.103. The molecule has 0 bridgehead atoms. The van der Waals surface area contributed by atoms with Crippen molar-refractivity contribution in [2.75, 3.05) is 43.2 Å². The smallest absolute Gasteiger partial charge is 0.155 e. The van der Waals surface area contributed by atoms with Crippen LogP contribution in [0, 0.1) is 0 Å². The Kier molecular flexibility index (Phi) is 4.82. The summed E-state index contributed by atoms with van der Waals surface area (Å²) in [6.07, 6.45) is 4.59. The molecule has 1 aromatic rings. The highest BCUT2D eigenvalue weighted by molar-refractivity contribution is 7.92. The molecule has 1 aliphatic rings. The number of pyridine rings is 1. The van der Waals surface area contributed by atoms with Crippen molar-refractivity contribution in [3.8, 4) is 0 Å². The standard InChI is InChI=1S/C13H21N3O3S/c1-19-8-9-20(17,18)11-3-6-16(7-4-11)13-2-5-15-10-12(13)14/h2,5,10-11H,3-4,6-9,14H2,1H3. The second kappa shape index (κ2) is 6.41. The molecular formula is C13H21N3O3S. The Hall–Kier alpha value is -1.34. The fourth-order valence-electron chi connectivity index (χ4n) is 2.51. The summed E-state index contributed by atoms with van der Waals surface area (Å²) in [5.41, 5.74) is 7.47. The zero-order valence-corrected chi connectivity index (χ0v) is 12.5. The topological polar surface area (TPSA) is 85.5 Å². The summed E-state index contributed by atoms with van der Waals surface area (Å²) in [5, 5.41) is -0.267. The number of nitrogen functional groups attached to an aromatic ring is 1. The van der Waals surface area contributed by atoms with Crippen molar-refractivity contribution in [1.29, 1.82) is 0 Å². The van der Waals surface area contributed by atoms with E-state index < -0.39 is 9.84 Å². The Morgan fingerprint density at radius 3 is 2.75 bits per heavy atom. The molecule has 7 heteroatoms. The summed E-state index contributed by atoms with van der Waals surface area (Å²) in [6, 6.07) is 1.87. The zero-order valence-electron chi connectivity index (χ0n) is 11.7. The summed E-state index contributed by atoms with van der Waals surface area (Å²) < 4.78 is 29.1. The summed E-state index contributed by atoms with van der Waals surface area (Å²) in [6.45, 7) is 1.66. The molecule has 0 amide bonds. The number of aromatic nitrogens is 1. The lowest BCUT2D eigenvalue weighted by Gasteiger charge is -2.33. The van der Waals surface area contributed by atoms with Gasteiger partial charge in [0.2, 0.25) is 0 Å². The normalized spacial score (nSPS) is 17.4. The van der Waals surface area contributed by atoms with E-state index in [4.69, 9.17) is 10.5 Å². The Morgan fingerprint density at radius 1 is 1.45 bits per heavy atom. The van der Waals surface area contributed by atoms with Gasteiger partial charge in [-0.15, -0.1) is 0 Å². The summed E-state index contributed by atoms with van der Waals surface area (Å²) in [7, 11) is -1.54. The number of hydrogen-bond donors (Lipinski definition) is 1. The molecule has 2 rings (SSSR count). The number of nitrogens with two attached hydrogens (primary N) is 1. The Bertz CT molecular complexity index is 540. The van der Waals surface area contributed by atoms with Crippen LogP contribution >= 0.6 is 0 Å². The summed E-state index contributed by atoms with van der Waals surface area (Å²) in [4.78, 5) is 6.09. The van der Waals surface area contributed by atoms with Crippen molar-refractivity contribution >= 4 is 21.2 Å². The van der Waals surface area contributed by atoms with E-state index in [1.54, 1.807) is 12.4 Å². The van der Waals surface area contributed by atoms with Crippen LogP contribution in [0.4, 0.5) is 11.4 Å². The van der Waals surface area contributed by atoms with Crippen molar-refractivity contribution in [1.82, 2.24) is 4.98 Å². The average Bonchev–Trinajstić information content (AvgIpc) is 2.46. The lowest BCUT2D eigenvalue weighted by molar-refractivity contribution is 0.216. The molecule has 20 heavy (non-hydrogen) atoms. The Labute approximate surface area is 119 Å². The predicted octanol–water partition coefficient (Wildman–Crippen LogP) is 0.694. The number of hydrogen-bond acceptors (Lipinski definition) is 6. The van der Waals surface area contributed by atoms with Crippen LogP contribution in [0.25, 0.3) is 0 Å². The first-order valence-electron chi connectivity index (χ1n) is 6.69. The fraction of sp³-hybridized carbons (Fsp3) is 0.615. The van der Waals surface area contributed by atoms with Gasteiger partial charge in [-0.25, -0.2) is 8.42 Å². The van der Waals surface area contributed by atoms with Crippen molar-refractivity contribution in [3.05, 3.63) is 18.5 Å².